The van der Waals surface area contributed by atoms with Gasteiger partial charge in [0.05, 0.1) is 26.4 Å². The number of carboxylic acid groups (broad SMARTS) is 1. The van der Waals surface area contributed by atoms with Crippen LogP contribution in [-0.4, -0.2) is 48.9 Å². The molecule has 2 heterocycles. The molecule has 0 fully saturated rings. The van der Waals surface area contributed by atoms with Gasteiger partial charge in [0, 0.05) is 12.3 Å². The van der Waals surface area contributed by atoms with Crippen LogP contribution in [0.3, 0.4) is 0 Å². The fraction of sp³-hybridized carbons (Fsp3) is 0.500. The Bertz CT molecular complexity index is 470. The summed E-state index contributed by atoms with van der Waals surface area (Å²) in [6.45, 7) is 0.836. The molecular formula is C14H18O6S. The number of allylic oxidation sites excluding steroid dienone is 1. The summed E-state index contributed by atoms with van der Waals surface area (Å²) in [5, 5.41) is 21.7. The molecule has 0 spiro atoms. The van der Waals surface area contributed by atoms with Gasteiger partial charge >= 0.3 is 5.97 Å². The fourth-order valence-electron chi connectivity index (χ4n) is 2.03. The van der Waals surface area contributed by atoms with E-state index in [2.05, 4.69) is 0 Å². The quantitative estimate of drug-likeness (QED) is 0.709. The summed E-state index contributed by atoms with van der Waals surface area (Å²) in [5.74, 6) is -1.21. The number of hydrogen-bond donors (Lipinski definition) is 2. The standard InChI is InChI=1S/C14H18O6S/c15-2-3-18-4-5-19-13-8-11(10-1-6-21-9-10)7-12(20-13)14(16)17/h1,6-7,9,11,13,15H,2-5,8H2,(H,16,17). The van der Waals surface area contributed by atoms with Gasteiger partial charge in [0.15, 0.2) is 0 Å². The molecule has 2 rings (SSSR count). The van der Waals surface area contributed by atoms with E-state index in [9.17, 15) is 4.79 Å². The number of rotatable bonds is 8. The molecule has 1 aromatic rings. The van der Waals surface area contributed by atoms with Crippen LogP contribution in [-0.2, 0) is 19.0 Å². The normalized spacial score (nSPS) is 21.7. The molecule has 0 aromatic carbocycles. The lowest BCUT2D eigenvalue weighted by Gasteiger charge is -2.27. The van der Waals surface area contributed by atoms with Crippen molar-refractivity contribution in [3.63, 3.8) is 0 Å². The molecule has 21 heavy (non-hydrogen) atoms. The lowest BCUT2D eigenvalue weighted by molar-refractivity contribution is -0.160. The Hall–Kier alpha value is -1.41. The molecule has 2 atom stereocenters. The van der Waals surface area contributed by atoms with Gasteiger partial charge in [0.25, 0.3) is 0 Å². The van der Waals surface area contributed by atoms with Gasteiger partial charge < -0.3 is 24.4 Å². The Labute approximate surface area is 126 Å². The molecule has 0 amide bonds. The average Bonchev–Trinajstić information content (AvgIpc) is 3.01. The lowest BCUT2D eigenvalue weighted by atomic mass is 9.95. The largest absolute Gasteiger partial charge is 0.475 e. The van der Waals surface area contributed by atoms with Crippen molar-refractivity contribution < 1.29 is 29.2 Å². The van der Waals surface area contributed by atoms with Crippen LogP contribution in [0.5, 0.6) is 0 Å². The Morgan fingerprint density at radius 2 is 2.29 bits per heavy atom. The molecule has 6 nitrogen and oxygen atoms in total. The highest BCUT2D eigenvalue weighted by molar-refractivity contribution is 7.08. The van der Waals surface area contributed by atoms with Crippen LogP contribution in [0.1, 0.15) is 17.9 Å². The molecule has 116 valence electrons. The number of aliphatic hydroxyl groups excluding tert-OH is 1. The number of aliphatic hydroxyl groups is 1. The van der Waals surface area contributed by atoms with E-state index in [1.54, 1.807) is 17.4 Å². The molecule has 7 heteroatoms. The number of hydrogen-bond acceptors (Lipinski definition) is 6. The second-order valence-electron chi connectivity index (χ2n) is 4.49. The summed E-state index contributed by atoms with van der Waals surface area (Å²) in [5.41, 5.74) is 1.06. The Kier molecular flexibility index (Phi) is 6.19. The summed E-state index contributed by atoms with van der Waals surface area (Å²) in [4.78, 5) is 11.1. The van der Waals surface area contributed by atoms with Crippen molar-refractivity contribution in [1.82, 2.24) is 0 Å². The molecule has 0 bridgehead atoms. The predicted octanol–water partition coefficient (Wildman–Crippen LogP) is 1.57. The summed E-state index contributed by atoms with van der Waals surface area (Å²) in [6.07, 6.45) is 1.57. The summed E-state index contributed by atoms with van der Waals surface area (Å²) >= 11 is 1.57. The van der Waals surface area contributed by atoms with Crippen molar-refractivity contribution in [2.45, 2.75) is 18.6 Å². The van der Waals surface area contributed by atoms with Gasteiger partial charge in [-0.05, 0) is 28.5 Å². The maximum atomic E-state index is 11.1. The minimum absolute atomic E-state index is 0.0283. The molecule has 1 aromatic heterocycles. The first kappa shape index (κ1) is 16.0. The van der Waals surface area contributed by atoms with E-state index in [-0.39, 0.29) is 31.5 Å². The Balaban J connectivity index is 1.92. The second-order valence-corrected chi connectivity index (χ2v) is 5.27. The van der Waals surface area contributed by atoms with Crippen LogP contribution in [0.15, 0.2) is 28.7 Å². The highest BCUT2D eigenvalue weighted by atomic mass is 32.1. The van der Waals surface area contributed by atoms with Gasteiger partial charge in [0.1, 0.15) is 0 Å². The predicted molar refractivity (Wildman–Crippen MR) is 76.1 cm³/mol. The smallest absolute Gasteiger partial charge is 0.370 e. The average molecular weight is 314 g/mol. The van der Waals surface area contributed by atoms with E-state index in [1.165, 1.54) is 0 Å². The van der Waals surface area contributed by atoms with Crippen molar-refractivity contribution in [1.29, 1.82) is 0 Å². The Morgan fingerprint density at radius 3 is 2.95 bits per heavy atom. The van der Waals surface area contributed by atoms with Crippen molar-refractivity contribution >= 4 is 17.3 Å². The van der Waals surface area contributed by atoms with Crippen molar-refractivity contribution in [3.05, 3.63) is 34.2 Å². The third-order valence-corrected chi connectivity index (χ3v) is 3.71. The zero-order valence-corrected chi connectivity index (χ0v) is 12.3. The third kappa shape index (κ3) is 4.82. The molecular weight excluding hydrogens is 296 g/mol. The first-order valence-corrected chi connectivity index (χ1v) is 7.59. The van der Waals surface area contributed by atoms with E-state index in [4.69, 9.17) is 24.4 Å². The second kappa shape index (κ2) is 8.14. The molecule has 1 aliphatic rings. The number of aliphatic carboxylic acids is 1. The highest BCUT2D eigenvalue weighted by Gasteiger charge is 2.28. The van der Waals surface area contributed by atoms with Crippen LogP contribution < -0.4 is 0 Å². The molecule has 2 N–H and O–H groups in total. The molecule has 1 aliphatic heterocycles. The van der Waals surface area contributed by atoms with Crippen LogP contribution in [0, 0.1) is 0 Å². The minimum atomic E-state index is -1.10. The monoisotopic (exact) mass is 314 g/mol. The summed E-state index contributed by atoms with van der Waals surface area (Å²) in [7, 11) is 0. The number of carbonyl (C=O) groups is 1. The summed E-state index contributed by atoms with van der Waals surface area (Å²) in [6, 6.07) is 1.97. The zero-order valence-electron chi connectivity index (χ0n) is 11.4. The van der Waals surface area contributed by atoms with Gasteiger partial charge in [-0.15, -0.1) is 0 Å². The van der Waals surface area contributed by atoms with E-state index in [0.717, 1.165) is 5.56 Å². The van der Waals surface area contributed by atoms with Crippen molar-refractivity contribution in [2.24, 2.45) is 0 Å². The lowest BCUT2D eigenvalue weighted by Crippen LogP contribution is -2.28. The highest BCUT2D eigenvalue weighted by Crippen LogP contribution is 2.32. The van der Waals surface area contributed by atoms with Gasteiger partial charge in [-0.1, -0.05) is 0 Å². The van der Waals surface area contributed by atoms with Crippen LogP contribution in [0.2, 0.25) is 0 Å². The molecule has 0 saturated carbocycles. The zero-order chi connectivity index (χ0) is 15.1. The van der Waals surface area contributed by atoms with Crippen LogP contribution in [0.4, 0.5) is 0 Å². The van der Waals surface area contributed by atoms with Gasteiger partial charge in [-0.2, -0.15) is 11.3 Å². The summed E-state index contributed by atoms with van der Waals surface area (Å²) < 4.78 is 15.9. The molecule has 0 radical (unpaired) electrons. The number of ether oxygens (including phenoxy) is 3. The van der Waals surface area contributed by atoms with Gasteiger partial charge in [-0.25, -0.2) is 4.79 Å². The van der Waals surface area contributed by atoms with Crippen molar-refractivity contribution in [2.75, 3.05) is 26.4 Å². The first-order chi connectivity index (χ1) is 10.2. The molecule has 0 aliphatic carbocycles. The maximum absolute atomic E-state index is 11.1. The third-order valence-electron chi connectivity index (χ3n) is 3.01. The van der Waals surface area contributed by atoms with E-state index in [0.29, 0.717) is 13.0 Å². The molecule has 2 unspecified atom stereocenters. The van der Waals surface area contributed by atoms with Gasteiger partial charge in [-0.3, -0.25) is 0 Å². The first-order valence-electron chi connectivity index (χ1n) is 6.64. The maximum Gasteiger partial charge on any atom is 0.370 e. The van der Waals surface area contributed by atoms with Crippen LogP contribution in [0.25, 0.3) is 0 Å². The molecule has 0 saturated heterocycles. The number of carboxylic acids is 1. The van der Waals surface area contributed by atoms with Crippen molar-refractivity contribution in [3.8, 4) is 0 Å². The Morgan fingerprint density at radius 1 is 1.43 bits per heavy atom. The number of thiophene rings is 1. The van der Waals surface area contributed by atoms with E-state index in [1.807, 2.05) is 16.8 Å². The van der Waals surface area contributed by atoms with E-state index >= 15 is 0 Å². The van der Waals surface area contributed by atoms with Crippen LogP contribution >= 0.6 is 11.3 Å². The van der Waals surface area contributed by atoms with E-state index < -0.39 is 12.3 Å². The topological polar surface area (TPSA) is 85.2 Å². The SMILES string of the molecule is O=C(O)C1=CC(c2ccsc2)CC(OCCOCCO)O1. The minimum Gasteiger partial charge on any atom is -0.475 e. The van der Waals surface area contributed by atoms with Gasteiger partial charge in [0.2, 0.25) is 12.0 Å². The fourth-order valence-corrected chi connectivity index (χ4v) is 2.76.